The molecule has 0 aromatic heterocycles. The molecule has 3 nitrogen and oxygen atoms in total. The van der Waals surface area contributed by atoms with Gasteiger partial charge in [-0.2, -0.15) is 0 Å². The Balaban J connectivity index is 3.72. The van der Waals surface area contributed by atoms with Crippen LogP contribution in [-0.2, 0) is 4.79 Å². The molecule has 0 unspecified atom stereocenters. The van der Waals surface area contributed by atoms with Crippen molar-refractivity contribution < 1.29 is 4.79 Å². The van der Waals surface area contributed by atoms with Crippen LogP contribution in [0.4, 0.5) is 0 Å². The van der Waals surface area contributed by atoms with Crippen molar-refractivity contribution in [1.82, 2.24) is 9.80 Å². The lowest BCUT2D eigenvalue weighted by Crippen LogP contribution is -2.33. The van der Waals surface area contributed by atoms with Gasteiger partial charge in [-0.15, -0.1) is 0 Å². The van der Waals surface area contributed by atoms with Crippen molar-refractivity contribution in [2.45, 2.75) is 27.2 Å². The summed E-state index contributed by atoms with van der Waals surface area (Å²) < 4.78 is 0. The number of hydrogen-bond acceptors (Lipinski definition) is 2. The molecule has 0 radical (unpaired) electrons. The molecular weight excluding hydrogens is 164 g/mol. The summed E-state index contributed by atoms with van der Waals surface area (Å²) in [6.07, 6.45) is 0.645. The Morgan fingerprint density at radius 2 is 1.62 bits per heavy atom. The molecule has 3 heteroatoms. The van der Waals surface area contributed by atoms with Crippen LogP contribution in [0.3, 0.4) is 0 Å². The molecule has 0 saturated heterocycles. The van der Waals surface area contributed by atoms with Crippen LogP contribution in [0.15, 0.2) is 0 Å². The van der Waals surface area contributed by atoms with Crippen molar-refractivity contribution in [1.29, 1.82) is 0 Å². The zero-order valence-electron chi connectivity index (χ0n) is 9.34. The zero-order valence-corrected chi connectivity index (χ0v) is 9.34. The van der Waals surface area contributed by atoms with E-state index in [1.807, 2.05) is 25.8 Å². The maximum absolute atomic E-state index is 11.5. The summed E-state index contributed by atoms with van der Waals surface area (Å²) in [4.78, 5) is 15.6. The van der Waals surface area contributed by atoms with Gasteiger partial charge in [-0.05, 0) is 27.4 Å². The van der Waals surface area contributed by atoms with Crippen LogP contribution in [0, 0.1) is 0 Å². The van der Waals surface area contributed by atoms with Crippen LogP contribution in [0.5, 0.6) is 0 Å². The third-order valence-electron chi connectivity index (χ3n) is 2.36. The highest BCUT2D eigenvalue weighted by Crippen LogP contribution is 1.95. The highest BCUT2D eigenvalue weighted by molar-refractivity contribution is 5.76. The first-order valence-corrected chi connectivity index (χ1v) is 5.11. The molecular formula is C10H22N2O. The fraction of sp³-hybridized carbons (Fsp3) is 0.900. The van der Waals surface area contributed by atoms with Crippen molar-refractivity contribution in [3.63, 3.8) is 0 Å². The Hall–Kier alpha value is -0.570. The van der Waals surface area contributed by atoms with Crippen LogP contribution in [0.25, 0.3) is 0 Å². The molecule has 0 rings (SSSR count). The molecule has 0 aromatic carbocycles. The summed E-state index contributed by atoms with van der Waals surface area (Å²) in [5.41, 5.74) is 0. The van der Waals surface area contributed by atoms with Gasteiger partial charge in [0, 0.05) is 26.1 Å². The van der Waals surface area contributed by atoms with Crippen LogP contribution < -0.4 is 0 Å². The highest BCUT2D eigenvalue weighted by atomic mass is 16.2. The first kappa shape index (κ1) is 12.4. The van der Waals surface area contributed by atoms with Crippen molar-refractivity contribution in [3.8, 4) is 0 Å². The number of hydrogen-bond donors (Lipinski definition) is 0. The average Bonchev–Trinajstić information content (AvgIpc) is 2.16. The Morgan fingerprint density at radius 1 is 1.08 bits per heavy atom. The third kappa shape index (κ3) is 4.88. The van der Waals surface area contributed by atoms with Crippen molar-refractivity contribution in [2.75, 3.05) is 33.2 Å². The van der Waals surface area contributed by atoms with Crippen LogP contribution in [0.1, 0.15) is 27.2 Å². The Morgan fingerprint density at radius 3 is 2.00 bits per heavy atom. The standard InChI is InChI=1S/C10H22N2O/c1-5-11(4)9-8-10(13)12(6-2)7-3/h5-9H2,1-4H3. The molecule has 0 fully saturated rings. The summed E-state index contributed by atoms with van der Waals surface area (Å²) in [6.45, 7) is 9.66. The lowest BCUT2D eigenvalue weighted by Gasteiger charge is -2.20. The van der Waals surface area contributed by atoms with Crippen LogP contribution in [-0.4, -0.2) is 48.9 Å². The van der Waals surface area contributed by atoms with Crippen molar-refractivity contribution in [3.05, 3.63) is 0 Å². The molecule has 1 amide bonds. The normalized spacial score (nSPS) is 10.5. The minimum atomic E-state index is 0.269. The number of amides is 1. The molecule has 0 atom stereocenters. The second kappa shape index (κ2) is 6.89. The Kier molecular flexibility index (Phi) is 6.59. The van der Waals surface area contributed by atoms with Gasteiger partial charge in [0.1, 0.15) is 0 Å². The van der Waals surface area contributed by atoms with E-state index in [0.717, 1.165) is 26.2 Å². The maximum Gasteiger partial charge on any atom is 0.223 e. The second-order valence-corrected chi connectivity index (χ2v) is 3.21. The molecule has 0 aliphatic rings. The van der Waals surface area contributed by atoms with Crippen LogP contribution >= 0.6 is 0 Å². The van der Waals surface area contributed by atoms with Gasteiger partial charge in [-0.3, -0.25) is 4.79 Å². The SMILES string of the molecule is CCN(C)CCC(=O)N(CC)CC. The fourth-order valence-electron chi connectivity index (χ4n) is 1.18. The summed E-state index contributed by atoms with van der Waals surface area (Å²) in [7, 11) is 2.04. The van der Waals surface area contributed by atoms with Gasteiger partial charge < -0.3 is 9.80 Å². The van der Waals surface area contributed by atoms with Crippen molar-refractivity contribution in [2.24, 2.45) is 0 Å². The van der Waals surface area contributed by atoms with E-state index in [2.05, 4.69) is 11.8 Å². The lowest BCUT2D eigenvalue weighted by atomic mass is 10.3. The van der Waals surface area contributed by atoms with E-state index < -0.39 is 0 Å². The summed E-state index contributed by atoms with van der Waals surface area (Å²) in [5, 5.41) is 0. The van der Waals surface area contributed by atoms with Gasteiger partial charge in [-0.25, -0.2) is 0 Å². The topological polar surface area (TPSA) is 23.6 Å². The van der Waals surface area contributed by atoms with E-state index in [4.69, 9.17) is 0 Å². The van der Waals surface area contributed by atoms with Gasteiger partial charge in [0.05, 0.1) is 0 Å². The lowest BCUT2D eigenvalue weighted by molar-refractivity contribution is -0.131. The van der Waals surface area contributed by atoms with E-state index in [1.54, 1.807) is 0 Å². The molecule has 13 heavy (non-hydrogen) atoms. The Labute approximate surface area is 81.7 Å². The summed E-state index contributed by atoms with van der Waals surface area (Å²) in [6, 6.07) is 0. The van der Waals surface area contributed by atoms with Crippen molar-refractivity contribution >= 4 is 5.91 Å². The van der Waals surface area contributed by atoms with E-state index in [9.17, 15) is 4.79 Å². The van der Waals surface area contributed by atoms with Gasteiger partial charge >= 0.3 is 0 Å². The number of carbonyl (C=O) groups excluding carboxylic acids is 1. The fourth-order valence-corrected chi connectivity index (χ4v) is 1.18. The van der Waals surface area contributed by atoms with Gasteiger partial charge in [0.25, 0.3) is 0 Å². The van der Waals surface area contributed by atoms with Gasteiger partial charge in [-0.1, -0.05) is 6.92 Å². The van der Waals surface area contributed by atoms with Crippen LogP contribution in [0.2, 0.25) is 0 Å². The third-order valence-corrected chi connectivity index (χ3v) is 2.36. The second-order valence-electron chi connectivity index (χ2n) is 3.21. The van der Waals surface area contributed by atoms with E-state index in [-0.39, 0.29) is 5.91 Å². The largest absolute Gasteiger partial charge is 0.343 e. The van der Waals surface area contributed by atoms with Gasteiger partial charge in [0.15, 0.2) is 0 Å². The van der Waals surface area contributed by atoms with E-state index in [0.29, 0.717) is 6.42 Å². The monoisotopic (exact) mass is 186 g/mol. The minimum absolute atomic E-state index is 0.269. The molecule has 0 aromatic rings. The molecule has 0 aliphatic heterocycles. The smallest absolute Gasteiger partial charge is 0.223 e. The number of nitrogens with zero attached hydrogens (tertiary/aromatic N) is 2. The molecule has 0 spiro atoms. The number of rotatable bonds is 6. The first-order chi connectivity index (χ1) is 6.15. The summed E-state index contributed by atoms with van der Waals surface area (Å²) in [5.74, 6) is 0.269. The van der Waals surface area contributed by atoms with E-state index >= 15 is 0 Å². The molecule has 0 N–H and O–H groups in total. The molecule has 0 heterocycles. The first-order valence-electron chi connectivity index (χ1n) is 5.11. The molecule has 0 saturated carbocycles. The van der Waals surface area contributed by atoms with E-state index in [1.165, 1.54) is 0 Å². The van der Waals surface area contributed by atoms with Gasteiger partial charge in [0.2, 0.25) is 5.91 Å². The predicted molar refractivity (Wildman–Crippen MR) is 55.7 cm³/mol. The number of carbonyl (C=O) groups is 1. The highest BCUT2D eigenvalue weighted by Gasteiger charge is 2.09. The molecule has 0 aliphatic carbocycles. The maximum atomic E-state index is 11.5. The average molecular weight is 186 g/mol. The molecule has 0 bridgehead atoms. The summed E-state index contributed by atoms with van der Waals surface area (Å²) >= 11 is 0. The Bertz CT molecular complexity index is 144. The minimum Gasteiger partial charge on any atom is -0.343 e. The quantitative estimate of drug-likeness (QED) is 0.622. The molecule has 78 valence electrons. The predicted octanol–water partition coefficient (Wildman–Crippen LogP) is 1.20. The zero-order chi connectivity index (χ0) is 10.3.